The second-order valence-corrected chi connectivity index (χ2v) is 8.47. The molecule has 0 heterocycles. The van der Waals surface area contributed by atoms with E-state index in [0.717, 1.165) is 9.13 Å². The number of hydrogen-bond donors (Lipinski definition) is 1. The number of benzene rings is 1. The molecule has 0 aliphatic heterocycles. The van der Waals surface area contributed by atoms with Crippen molar-refractivity contribution in [1.29, 1.82) is 0 Å². The van der Waals surface area contributed by atoms with E-state index in [1.807, 2.05) is 25.1 Å². The topological polar surface area (TPSA) is 90.9 Å². The molecule has 1 rings (SSSR count). The zero-order chi connectivity index (χ0) is 21.5. The fraction of sp³-hybridized carbons (Fsp3) is 0.550. The van der Waals surface area contributed by atoms with Crippen molar-refractivity contribution in [2.75, 3.05) is 13.2 Å². The van der Waals surface area contributed by atoms with Gasteiger partial charge in [0.05, 0.1) is 13.2 Å². The Morgan fingerprint density at radius 3 is 2.04 bits per heavy atom. The van der Waals surface area contributed by atoms with Crippen LogP contribution in [-0.4, -0.2) is 42.4 Å². The lowest BCUT2D eigenvalue weighted by Crippen LogP contribution is -2.63. The van der Waals surface area contributed by atoms with Crippen molar-refractivity contribution in [1.82, 2.24) is 5.32 Å². The van der Waals surface area contributed by atoms with Crippen LogP contribution in [0.5, 0.6) is 0 Å². The standard InChI is InChI=1S/C20H28INO6/c1-7-26-16(23)20(17(24)27-8-2,22-18(25)28-19(4,5)6)12-14-11-15(21)10-9-13(14)3/h9-11H,7-8,12H2,1-6H3,(H,22,25). The smallest absolute Gasteiger partial charge is 0.409 e. The van der Waals surface area contributed by atoms with Gasteiger partial charge in [0, 0.05) is 9.99 Å². The lowest BCUT2D eigenvalue weighted by Gasteiger charge is -2.31. The molecule has 1 N–H and O–H groups in total. The SMILES string of the molecule is CCOC(=O)C(Cc1cc(I)ccc1C)(NC(=O)OC(C)(C)C)C(=O)OCC. The van der Waals surface area contributed by atoms with Crippen LogP contribution in [0.25, 0.3) is 0 Å². The van der Waals surface area contributed by atoms with Gasteiger partial charge in [-0.15, -0.1) is 0 Å². The minimum absolute atomic E-state index is 0.0429. The summed E-state index contributed by atoms with van der Waals surface area (Å²) in [5.74, 6) is -1.78. The van der Waals surface area contributed by atoms with Crippen molar-refractivity contribution >= 4 is 40.6 Å². The number of ether oxygens (including phenoxy) is 3. The lowest BCUT2D eigenvalue weighted by molar-refractivity contribution is -0.166. The van der Waals surface area contributed by atoms with Crippen LogP contribution in [0.15, 0.2) is 18.2 Å². The molecule has 0 spiro atoms. The molecule has 0 aromatic heterocycles. The molecule has 0 fully saturated rings. The van der Waals surface area contributed by atoms with E-state index in [9.17, 15) is 14.4 Å². The maximum Gasteiger partial charge on any atom is 0.409 e. The summed E-state index contributed by atoms with van der Waals surface area (Å²) in [6.45, 7) is 10.3. The fourth-order valence-electron chi connectivity index (χ4n) is 2.48. The minimum Gasteiger partial charge on any atom is -0.464 e. The fourth-order valence-corrected chi connectivity index (χ4v) is 3.03. The van der Waals surface area contributed by atoms with Gasteiger partial charge in [0.2, 0.25) is 5.54 Å². The number of amides is 1. The monoisotopic (exact) mass is 505 g/mol. The number of halogens is 1. The van der Waals surface area contributed by atoms with Crippen LogP contribution in [0, 0.1) is 10.5 Å². The highest BCUT2D eigenvalue weighted by Crippen LogP contribution is 2.23. The van der Waals surface area contributed by atoms with Gasteiger partial charge in [-0.2, -0.15) is 0 Å². The molecule has 1 aromatic carbocycles. The first-order chi connectivity index (χ1) is 12.9. The maximum atomic E-state index is 12.9. The molecule has 0 aliphatic carbocycles. The summed E-state index contributed by atoms with van der Waals surface area (Å²) in [5.41, 5.74) is -1.28. The molecule has 0 unspecified atom stereocenters. The van der Waals surface area contributed by atoms with Crippen molar-refractivity contribution in [3.05, 3.63) is 32.9 Å². The van der Waals surface area contributed by atoms with Crippen molar-refractivity contribution in [2.45, 2.75) is 59.1 Å². The normalized spacial score (nSPS) is 11.5. The molecular weight excluding hydrogens is 477 g/mol. The second-order valence-electron chi connectivity index (χ2n) is 7.22. The average molecular weight is 505 g/mol. The number of hydrogen-bond acceptors (Lipinski definition) is 6. The predicted octanol–water partition coefficient (Wildman–Crippen LogP) is 3.53. The predicted molar refractivity (Wildman–Crippen MR) is 113 cm³/mol. The third kappa shape index (κ3) is 6.65. The van der Waals surface area contributed by atoms with Gasteiger partial charge in [-0.25, -0.2) is 14.4 Å². The van der Waals surface area contributed by atoms with Crippen molar-refractivity contribution in [2.24, 2.45) is 0 Å². The van der Waals surface area contributed by atoms with E-state index in [-0.39, 0.29) is 19.6 Å². The third-order valence-electron chi connectivity index (χ3n) is 3.73. The van der Waals surface area contributed by atoms with Crippen molar-refractivity contribution in [3.63, 3.8) is 0 Å². The molecule has 156 valence electrons. The molecule has 28 heavy (non-hydrogen) atoms. The largest absolute Gasteiger partial charge is 0.464 e. The Labute approximate surface area is 179 Å². The Balaban J connectivity index is 3.45. The molecule has 1 amide bonds. The summed E-state index contributed by atoms with van der Waals surface area (Å²) in [4.78, 5) is 38.3. The number of alkyl carbamates (subject to hydrolysis) is 1. The van der Waals surface area contributed by atoms with Gasteiger partial charge in [-0.3, -0.25) is 5.32 Å². The summed E-state index contributed by atoms with van der Waals surface area (Å²) >= 11 is 2.14. The van der Waals surface area contributed by atoms with E-state index in [2.05, 4.69) is 27.9 Å². The van der Waals surface area contributed by atoms with Crippen LogP contribution in [0.1, 0.15) is 45.7 Å². The second kappa shape index (κ2) is 10.1. The van der Waals surface area contributed by atoms with Gasteiger partial charge in [0.25, 0.3) is 0 Å². The highest BCUT2D eigenvalue weighted by atomic mass is 127. The summed E-state index contributed by atoms with van der Waals surface area (Å²) in [6.07, 6.45) is -1.02. The van der Waals surface area contributed by atoms with Crippen LogP contribution in [0.4, 0.5) is 4.79 Å². The van der Waals surface area contributed by atoms with Crippen molar-refractivity contribution in [3.8, 4) is 0 Å². The lowest BCUT2D eigenvalue weighted by atomic mass is 9.88. The van der Waals surface area contributed by atoms with E-state index in [1.54, 1.807) is 34.6 Å². The number of rotatable bonds is 7. The molecule has 7 nitrogen and oxygen atoms in total. The Bertz CT molecular complexity index is 708. The van der Waals surface area contributed by atoms with Crippen LogP contribution in [0.3, 0.4) is 0 Å². The molecule has 0 atom stereocenters. The van der Waals surface area contributed by atoms with E-state index < -0.39 is 29.2 Å². The number of carbonyl (C=O) groups is 3. The quantitative estimate of drug-likeness (QED) is 0.264. The molecule has 0 bridgehead atoms. The van der Waals surface area contributed by atoms with E-state index in [1.165, 1.54) is 0 Å². The van der Waals surface area contributed by atoms with Gasteiger partial charge >= 0.3 is 18.0 Å². The molecule has 0 radical (unpaired) electrons. The highest BCUT2D eigenvalue weighted by Gasteiger charge is 2.51. The molecule has 0 saturated carbocycles. The average Bonchev–Trinajstić information content (AvgIpc) is 2.56. The van der Waals surface area contributed by atoms with Gasteiger partial charge in [-0.1, -0.05) is 6.07 Å². The Kier molecular flexibility index (Phi) is 8.72. The van der Waals surface area contributed by atoms with Crippen LogP contribution >= 0.6 is 22.6 Å². The van der Waals surface area contributed by atoms with Crippen molar-refractivity contribution < 1.29 is 28.6 Å². The first-order valence-electron chi connectivity index (χ1n) is 9.05. The number of nitrogens with one attached hydrogen (secondary N) is 1. The van der Waals surface area contributed by atoms with Crippen LogP contribution in [-0.2, 0) is 30.2 Å². The van der Waals surface area contributed by atoms with Gasteiger partial charge < -0.3 is 14.2 Å². The summed E-state index contributed by atoms with van der Waals surface area (Å²) in [7, 11) is 0. The first kappa shape index (κ1) is 24.2. The Morgan fingerprint density at radius 2 is 1.57 bits per heavy atom. The number of carbonyl (C=O) groups excluding carboxylic acids is 3. The molecule has 8 heteroatoms. The van der Waals surface area contributed by atoms with E-state index in [0.29, 0.717) is 5.56 Å². The molecule has 1 aromatic rings. The molecule has 0 aliphatic rings. The highest BCUT2D eigenvalue weighted by molar-refractivity contribution is 14.1. The summed E-state index contributed by atoms with van der Waals surface area (Å²) in [6, 6.07) is 5.64. The molecular formula is C20H28INO6. The number of esters is 2. The van der Waals surface area contributed by atoms with Gasteiger partial charge in [-0.05, 0) is 87.4 Å². The molecule has 0 saturated heterocycles. The zero-order valence-corrected chi connectivity index (χ0v) is 19.3. The Hall–Kier alpha value is -1.84. The van der Waals surface area contributed by atoms with Crippen LogP contribution < -0.4 is 5.32 Å². The first-order valence-corrected chi connectivity index (χ1v) is 10.1. The number of aryl methyl sites for hydroxylation is 1. The summed E-state index contributed by atoms with van der Waals surface area (Å²) in [5, 5.41) is 2.44. The van der Waals surface area contributed by atoms with Gasteiger partial charge in [0.1, 0.15) is 5.60 Å². The third-order valence-corrected chi connectivity index (χ3v) is 4.40. The van der Waals surface area contributed by atoms with E-state index in [4.69, 9.17) is 14.2 Å². The van der Waals surface area contributed by atoms with Gasteiger partial charge in [0.15, 0.2) is 0 Å². The van der Waals surface area contributed by atoms with E-state index >= 15 is 0 Å². The minimum atomic E-state index is -2.05. The Morgan fingerprint density at radius 1 is 1.04 bits per heavy atom. The zero-order valence-electron chi connectivity index (χ0n) is 17.2. The van der Waals surface area contributed by atoms with Crippen LogP contribution in [0.2, 0.25) is 0 Å². The summed E-state index contributed by atoms with van der Waals surface area (Å²) < 4.78 is 16.5. The maximum absolute atomic E-state index is 12.9.